The highest BCUT2D eigenvalue weighted by Crippen LogP contribution is 2.40. The van der Waals surface area contributed by atoms with Crippen LogP contribution in [0.25, 0.3) is 0 Å². The van der Waals surface area contributed by atoms with Crippen molar-refractivity contribution >= 4 is 23.5 Å². The Morgan fingerprint density at radius 2 is 1.89 bits per heavy atom. The number of anilines is 1. The second-order valence-electron chi connectivity index (χ2n) is 8.43. The molecule has 184 valence electrons. The van der Waals surface area contributed by atoms with Crippen molar-refractivity contribution in [3.8, 4) is 12.1 Å². The number of pyridine rings is 1. The van der Waals surface area contributed by atoms with Gasteiger partial charge in [-0.05, 0) is 30.4 Å². The summed E-state index contributed by atoms with van der Waals surface area (Å²) >= 11 is 1.12. The maximum Gasteiger partial charge on any atom is 0.235 e. The third-order valence-electron chi connectivity index (χ3n) is 6.35. The Morgan fingerprint density at radius 1 is 1.23 bits per heavy atom. The number of nitrogens with zero attached hydrogens (tertiary/aromatic N) is 4. The number of hydrogen-bond acceptors (Lipinski definition) is 9. The Morgan fingerprint density at radius 3 is 2.40 bits per heavy atom. The minimum absolute atomic E-state index is 0.0237. The molecule has 0 saturated carbocycles. The van der Waals surface area contributed by atoms with Crippen molar-refractivity contribution < 1.29 is 15.0 Å². The third kappa shape index (κ3) is 5.75. The van der Waals surface area contributed by atoms with Crippen LogP contribution in [0.3, 0.4) is 0 Å². The number of carbonyl (C=O) groups is 1. The zero-order valence-corrected chi connectivity index (χ0v) is 20.5. The number of primary amides is 1. The molecule has 1 atom stereocenters. The van der Waals surface area contributed by atoms with Crippen LogP contribution in [0.15, 0.2) is 35.4 Å². The molecule has 1 amide bonds. The summed E-state index contributed by atoms with van der Waals surface area (Å²) in [6.07, 6.45) is 1.63. The molecular weight excluding hydrogens is 464 g/mol. The molecule has 1 aromatic heterocycles. The second kappa shape index (κ2) is 12.0. The maximum absolute atomic E-state index is 12.3. The van der Waals surface area contributed by atoms with Gasteiger partial charge < -0.3 is 26.2 Å². The summed E-state index contributed by atoms with van der Waals surface area (Å²) in [5, 5.41) is 41.9. The maximum atomic E-state index is 12.3. The molecule has 1 aliphatic heterocycles. The van der Waals surface area contributed by atoms with Gasteiger partial charge in [0.05, 0.1) is 24.3 Å². The number of hydrogen-bond donors (Lipinski definition) is 4. The predicted octanol–water partition coefficient (Wildman–Crippen LogP) is 1.62. The molecule has 0 spiro atoms. The lowest BCUT2D eigenvalue weighted by molar-refractivity contribution is -0.117. The summed E-state index contributed by atoms with van der Waals surface area (Å²) in [6.45, 7) is 3.22. The van der Waals surface area contributed by atoms with Crippen molar-refractivity contribution in [2.45, 2.75) is 42.0 Å². The van der Waals surface area contributed by atoms with E-state index in [2.05, 4.69) is 17.5 Å². The van der Waals surface area contributed by atoms with Gasteiger partial charge in [-0.15, -0.1) is 0 Å². The van der Waals surface area contributed by atoms with E-state index in [1.165, 1.54) is 0 Å². The number of aromatic nitrogens is 1. The number of amides is 1. The van der Waals surface area contributed by atoms with Gasteiger partial charge in [0.2, 0.25) is 5.91 Å². The van der Waals surface area contributed by atoms with E-state index in [-0.39, 0.29) is 18.8 Å². The summed E-state index contributed by atoms with van der Waals surface area (Å²) in [7, 11) is 0. The molecule has 3 rings (SSSR count). The normalized spacial score (nSPS) is 15.7. The van der Waals surface area contributed by atoms with E-state index in [1.54, 1.807) is 12.1 Å². The third-order valence-corrected chi connectivity index (χ3v) is 7.61. The summed E-state index contributed by atoms with van der Waals surface area (Å²) in [4.78, 5) is 19.1. The highest BCUT2D eigenvalue weighted by molar-refractivity contribution is 8.00. The van der Waals surface area contributed by atoms with Crippen LogP contribution in [0, 0.1) is 22.7 Å². The van der Waals surface area contributed by atoms with Crippen LogP contribution >= 0.6 is 11.8 Å². The van der Waals surface area contributed by atoms with Gasteiger partial charge in [0.15, 0.2) is 0 Å². The highest BCUT2D eigenvalue weighted by Gasteiger charge is 2.35. The number of β-amino-alcohol motifs (C(OH)–C–C–N with tert-alkyl or cyclic N) is 1. The molecule has 1 fully saturated rings. The SMILES string of the molecule is CCc1c(C#N)c(SC(C(N)=O)c2ccccc2)nc(N2CCC(CO)(NCCO)CC2)c1C#N. The minimum Gasteiger partial charge on any atom is -0.395 e. The monoisotopic (exact) mass is 494 g/mol. The van der Waals surface area contributed by atoms with E-state index < -0.39 is 16.7 Å². The number of piperidine rings is 1. The van der Waals surface area contributed by atoms with Crippen molar-refractivity contribution in [2.24, 2.45) is 5.73 Å². The number of aliphatic hydroxyl groups excluding tert-OH is 2. The zero-order valence-electron chi connectivity index (χ0n) is 19.7. The van der Waals surface area contributed by atoms with E-state index in [1.807, 2.05) is 30.0 Å². The number of carbonyl (C=O) groups excluding carboxylic acids is 1. The Balaban J connectivity index is 2.02. The fourth-order valence-corrected chi connectivity index (χ4v) is 5.44. The number of benzene rings is 1. The standard InChI is InChI=1S/C25H30N6O3S/c1-2-18-19(14-26)23(31-11-8-25(16-33,9-12-31)29-10-13-32)30-24(20(18)15-27)35-21(22(28)34)17-6-4-3-5-7-17/h3-7,21,29,32-33H,2,8-13,16H2,1H3,(H2,28,34). The van der Waals surface area contributed by atoms with Crippen LogP contribution < -0.4 is 16.0 Å². The number of nitrogens with one attached hydrogen (secondary N) is 1. The molecule has 0 aliphatic carbocycles. The van der Waals surface area contributed by atoms with Crippen LogP contribution in [0.5, 0.6) is 0 Å². The average Bonchev–Trinajstić information content (AvgIpc) is 2.90. The van der Waals surface area contributed by atoms with Crippen molar-refractivity contribution in [1.82, 2.24) is 10.3 Å². The molecule has 1 aromatic carbocycles. The molecule has 2 aromatic rings. The molecule has 0 bridgehead atoms. The molecule has 2 heterocycles. The summed E-state index contributed by atoms with van der Waals surface area (Å²) < 4.78 is 0. The van der Waals surface area contributed by atoms with Crippen molar-refractivity contribution in [2.75, 3.05) is 37.7 Å². The Hall–Kier alpha value is -3.15. The topological polar surface area (TPSA) is 159 Å². The minimum atomic E-state index is -0.743. The molecule has 5 N–H and O–H groups in total. The Labute approximate surface area is 209 Å². The largest absolute Gasteiger partial charge is 0.395 e. The van der Waals surface area contributed by atoms with E-state index in [4.69, 9.17) is 10.7 Å². The molecule has 9 nitrogen and oxygen atoms in total. The number of rotatable bonds is 10. The summed E-state index contributed by atoms with van der Waals surface area (Å²) in [6, 6.07) is 13.5. The first kappa shape index (κ1) is 26.5. The summed E-state index contributed by atoms with van der Waals surface area (Å²) in [5.74, 6) is -0.0765. The molecule has 10 heteroatoms. The summed E-state index contributed by atoms with van der Waals surface area (Å²) in [5.41, 5.74) is 7.15. The number of nitrogens with two attached hydrogens (primary N) is 1. The van der Waals surface area contributed by atoms with Gasteiger partial charge >= 0.3 is 0 Å². The first-order valence-electron chi connectivity index (χ1n) is 11.5. The van der Waals surface area contributed by atoms with E-state index >= 15 is 0 Å². The smallest absolute Gasteiger partial charge is 0.235 e. The van der Waals surface area contributed by atoms with Gasteiger partial charge in [-0.3, -0.25) is 4.79 Å². The van der Waals surface area contributed by atoms with Crippen LogP contribution in [0.1, 0.15) is 47.3 Å². The zero-order chi connectivity index (χ0) is 25.4. The number of thioether (sulfide) groups is 1. The molecule has 1 aliphatic rings. The quantitative estimate of drug-likeness (QED) is 0.360. The van der Waals surface area contributed by atoms with Gasteiger partial charge in [-0.25, -0.2) is 4.98 Å². The average molecular weight is 495 g/mol. The van der Waals surface area contributed by atoms with Crippen LogP contribution in [-0.4, -0.2) is 59.5 Å². The fourth-order valence-electron chi connectivity index (χ4n) is 4.39. The van der Waals surface area contributed by atoms with Crippen LogP contribution in [-0.2, 0) is 11.2 Å². The number of aliphatic hydroxyl groups is 2. The highest BCUT2D eigenvalue weighted by atomic mass is 32.2. The lowest BCUT2D eigenvalue weighted by Crippen LogP contribution is -2.56. The van der Waals surface area contributed by atoms with Gasteiger partial charge in [0, 0.05) is 25.2 Å². The predicted molar refractivity (Wildman–Crippen MR) is 134 cm³/mol. The van der Waals surface area contributed by atoms with Gasteiger partial charge in [-0.1, -0.05) is 49.0 Å². The molecule has 1 unspecified atom stereocenters. The molecule has 0 radical (unpaired) electrons. The van der Waals surface area contributed by atoms with E-state index in [0.717, 1.165) is 11.8 Å². The molecule has 35 heavy (non-hydrogen) atoms. The molecular formula is C25H30N6O3S. The van der Waals surface area contributed by atoms with Crippen molar-refractivity contribution in [3.05, 3.63) is 52.6 Å². The van der Waals surface area contributed by atoms with Crippen LogP contribution in [0.4, 0.5) is 5.82 Å². The number of nitriles is 2. The lowest BCUT2D eigenvalue weighted by Gasteiger charge is -2.42. The van der Waals surface area contributed by atoms with Gasteiger partial charge in [0.1, 0.15) is 28.2 Å². The van der Waals surface area contributed by atoms with E-state index in [0.29, 0.717) is 66.4 Å². The second-order valence-corrected chi connectivity index (χ2v) is 9.53. The van der Waals surface area contributed by atoms with Crippen molar-refractivity contribution in [1.29, 1.82) is 10.5 Å². The Bertz CT molecular complexity index is 1120. The van der Waals surface area contributed by atoms with Crippen LogP contribution in [0.2, 0.25) is 0 Å². The molecule has 1 saturated heterocycles. The van der Waals surface area contributed by atoms with Gasteiger partial charge in [-0.2, -0.15) is 10.5 Å². The lowest BCUT2D eigenvalue weighted by atomic mass is 9.88. The van der Waals surface area contributed by atoms with Crippen molar-refractivity contribution in [3.63, 3.8) is 0 Å². The fraction of sp³-hybridized carbons (Fsp3) is 0.440. The van der Waals surface area contributed by atoms with E-state index in [9.17, 15) is 25.5 Å². The first-order valence-corrected chi connectivity index (χ1v) is 12.4. The Kier molecular flexibility index (Phi) is 9.07. The van der Waals surface area contributed by atoms with Gasteiger partial charge in [0.25, 0.3) is 0 Å². The first-order chi connectivity index (χ1) is 16.9.